The molecule has 1 atom stereocenters. The molecule has 20 heavy (non-hydrogen) atoms. The molecule has 0 spiro atoms. The summed E-state index contributed by atoms with van der Waals surface area (Å²) < 4.78 is 0. The molecule has 1 aromatic rings. The highest BCUT2D eigenvalue weighted by Gasteiger charge is 2.35. The Hall–Kier alpha value is -1.35. The predicted molar refractivity (Wildman–Crippen MR) is 80.5 cm³/mol. The minimum absolute atomic E-state index is 0.0671. The van der Waals surface area contributed by atoms with Crippen molar-refractivity contribution in [3.63, 3.8) is 0 Å². The minimum Gasteiger partial charge on any atom is -0.337 e. The van der Waals surface area contributed by atoms with Crippen LogP contribution in [0.2, 0.25) is 0 Å². The maximum absolute atomic E-state index is 12.3. The zero-order valence-electron chi connectivity index (χ0n) is 12.4. The summed E-state index contributed by atoms with van der Waals surface area (Å²) in [5, 5.41) is 3.45. The second-order valence-electron chi connectivity index (χ2n) is 6.44. The van der Waals surface area contributed by atoms with Crippen LogP contribution < -0.4 is 5.32 Å². The van der Waals surface area contributed by atoms with Crippen molar-refractivity contribution in [2.45, 2.75) is 57.7 Å². The van der Waals surface area contributed by atoms with E-state index in [0.717, 1.165) is 19.5 Å². The molecule has 1 N–H and O–H groups in total. The Bertz CT molecular complexity index is 476. The molecule has 1 aliphatic heterocycles. The van der Waals surface area contributed by atoms with Crippen LogP contribution in [0, 0.1) is 0 Å². The second kappa shape index (κ2) is 5.57. The van der Waals surface area contributed by atoms with Crippen molar-refractivity contribution in [1.82, 2.24) is 10.2 Å². The molecule has 3 heteroatoms. The van der Waals surface area contributed by atoms with Crippen molar-refractivity contribution < 1.29 is 4.79 Å². The standard InChI is InChI=1S/C17H24N2O/c1-12(2)14-5-3-13(4-6-14)11-19-10-9-16(17(19)20)18-15-7-8-15/h3-6,12,15-16,18H,7-11H2,1-2H3. The van der Waals surface area contributed by atoms with Gasteiger partial charge in [-0.05, 0) is 36.3 Å². The van der Waals surface area contributed by atoms with Crippen LogP contribution >= 0.6 is 0 Å². The van der Waals surface area contributed by atoms with Gasteiger partial charge in [0.15, 0.2) is 0 Å². The average Bonchev–Trinajstić information content (AvgIpc) is 3.19. The summed E-state index contributed by atoms with van der Waals surface area (Å²) in [6.45, 7) is 6.04. The van der Waals surface area contributed by atoms with Gasteiger partial charge in [-0.3, -0.25) is 4.79 Å². The number of hydrogen-bond donors (Lipinski definition) is 1. The van der Waals surface area contributed by atoms with Gasteiger partial charge in [-0.25, -0.2) is 0 Å². The number of nitrogens with one attached hydrogen (secondary N) is 1. The third-order valence-corrected chi connectivity index (χ3v) is 4.33. The van der Waals surface area contributed by atoms with Crippen LogP contribution in [0.15, 0.2) is 24.3 Å². The summed E-state index contributed by atoms with van der Waals surface area (Å²) in [5.41, 5.74) is 2.59. The van der Waals surface area contributed by atoms with Gasteiger partial charge in [0.25, 0.3) is 0 Å². The van der Waals surface area contributed by atoms with E-state index in [1.54, 1.807) is 0 Å². The van der Waals surface area contributed by atoms with Crippen molar-refractivity contribution in [1.29, 1.82) is 0 Å². The van der Waals surface area contributed by atoms with Gasteiger partial charge in [-0.15, -0.1) is 0 Å². The Labute approximate surface area is 121 Å². The first kappa shape index (κ1) is 13.6. The van der Waals surface area contributed by atoms with Gasteiger partial charge in [0, 0.05) is 19.1 Å². The molecule has 2 aliphatic rings. The third-order valence-electron chi connectivity index (χ3n) is 4.33. The maximum Gasteiger partial charge on any atom is 0.240 e. The lowest BCUT2D eigenvalue weighted by atomic mass is 10.0. The highest BCUT2D eigenvalue weighted by molar-refractivity contribution is 5.84. The van der Waals surface area contributed by atoms with Crippen molar-refractivity contribution in [2.24, 2.45) is 0 Å². The van der Waals surface area contributed by atoms with E-state index < -0.39 is 0 Å². The zero-order chi connectivity index (χ0) is 14.1. The lowest BCUT2D eigenvalue weighted by molar-refractivity contribution is -0.129. The number of rotatable bonds is 5. The van der Waals surface area contributed by atoms with Gasteiger partial charge < -0.3 is 10.2 Å². The Morgan fingerprint density at radius 2 is 1.90 bits per heavy atom. The lowest BCUT2D eigenvalue weighted by Crippen LogP contribution is -2.39. The molecular weight excluding hydrogens is 248 g/mol. The summed E-state index contributed by atoms with van der Waals surface area (Å²) in [6.07, 6.45) is 3.43. The zero-order valence-corrected chi connectivity index (χ0v) is 12.4. The molecule has 1 aliphatic carbocycles. The molecule has 1 heterocycles. The molecule has 1 saturated carbocycles. The maximum atomic E-state index is 12.3. The molecule has 1 aromatic carbocycles. The van der Waals surface area contributed by atoms with Crippen LogP contribution in [0.4, 0.5) is 0 Å². The van der Waals surface area contributed by atoms with Crippen LogP contribution in [0.25, 0.3) is 0 Å². The SMILES string of the molecule is CC(C)c1ccc(CN2CCC(NC3CC3)C2=O)cc1. The van der Waals surface area contributed by atoms with Crippen LogP contribution in [-0.2, 0) is 11.3 Å². The Morgan fingerprint density at radius 1 is 1.20 bits per heavy atom. The van der Waals surface area contributed by atoms with Gasteiger partial charge in [0.05, 0.1) is 6.04 Å². The van der Waals surface area contributed by atoms with E-state index >= 15 is 0 Å². The Morgan fingerprint density at radius 3 is 2.50 bits per heavy atom. The van der Waals surface area contributed by atoms with Gasteiger partial charge in [-0.1, -0.05) is 38.1 Å². The summed E-state index contributed by atoms with van der Waals surface area (Å²) in [5.74, 6) is 0.842. The van der Waals surface area contributed by atoms with E-state index in [4.69, 9.17) is 0 Å². The smallest absolute Gasteiger partial charge is 0.240 e. The largest absolute Gasteiger partial charge is 0.337 e. The molecule has 3 rings (SSSR count). The second-order valence-corrected chi connectivity index (χ2v) is 6.44. The van der Waals surface area contributed by atoms with Crippen LogP contribution in [0.5, 0.6) is 0 Å². The fraction of sp³-hybridized carbons (Fsp3) is 0.588. The first-order valence-corrected chi connectivity index (χ1v) is 7.77. The molecule has 0 bridgehead atoms. The Kier molecular flexibility index (Phi) is 3.79. The van der Waals surface area contributed by atoms with Crippen LogP contribution in [-0.4, -0.2) is 29.4 Å². The average molecular weight is 272 g/mol. The van der Waals surface area contributed by atoms with E-state index in [-0.39, 0.29) is 11.9 Å². The fourth-order valence-electron chi connectivity index (χ4n) is 2.81. The number of benzene rings is 1. The van der Waals surface area contributed by atoms with E-state index in [1.807, 2.05) is 4.90 Å². The van der Waals surface area contributed by atoms with Gasteiger partial charge in [0.2, 0.25) is 5.91 Å². The monoisotopic (exact) mass is 272 g/mol. The molecule has 1 amide bonds. The highest BCUT2D eigenvalue weighted by atomic mass is 16.2. The van der Waals surface area contributed by atoms with E-state index in [9.17, 15) is 4.79 Å². The number of carbonyl (C=O) groups is 1. The first-order valence-electron chi connectivity index (χ1n) is 7.77. The van der Waals surface area contributed by atoms with E-state index in [2.05, 4.69) is 43.4 Å². The Balaban J connectivity index is 1.58. The highest BCUT2D eigenvalue weighted by Crippen LogP contribution is 2.23. The molecule has 0 aromatic heterocycles. The van der Waals surface area contributed by atoms with Crippen molar-refractivity contribution >= 4 is 5.91 Å². The summed E-state index contributed by atoms with van der Waals surface area (Å²) in [6, 6.07) is 9.35. The summed E-state index contributed by atoms with van der Waals surface area (Å²) in [7, 11) is 0. The number of nitrogens with zero attached hydrogens (tertiary/aromatic N) is 1. The molecule has 1 saturated heterocycles. The quantitative estimate of drug-likeness (QED) is 0.893. The molecular formula is C17H24N2O. The minimum atomic E-state index is 0.0671. The van der Waals surface area contributed by atoms with E-state index in [0.29, 0.717) is 12.0 Å². The fourth-order valence-corrected chi connectivity index (χ4v) is 2.81. The number of amides is 1. The van der Waals surface area contributed by atoms with Gasteiger partial charge in [-0.2, -0.15) is 0 Å². The van der Waals surface area contributed by atoms with Gasteiger partial charge >= 0.3 is 0 Å². The van der Waals surface area contributed by atoms with Gasteiger partial charge in [0.1, 0.15) is 0 Å². The molecule has 0 radical (unpaired) electrons. The molecule has 108 valence electrons. The summed E-state index contributed by atoms with van der Waals surface area (Å²) >= 11 is 0. The van der Waals surface area contributed by atoms with Crippen molar-refractivity contribution in [2.75, 3.05) is 6.54 Å². The van der Waals surface area contributed by atoms with Crippen LogP contribution in [0.1, 0.15) is 50.2 Å². The van der Waals surface area contributed by atoms with Crippen molar-refractivity contribution in [3.8, 4) is 0 Å². The summed E-state index contributed by atoms with van der Waals surface area (Å²) in [4.78, 5) is 14.3. The number of hydrogen-bond acceptors (Lipinski definition) is 2. The molecule has 2 fully saturated rings. The van der Waals surface area contributed by atoms with Crippen molar-refractivity contribution in [3.05, 3.63) is 35.4 Å². The number of carbonyl (C=O) groups excluding carboxylic acids is 1. The normalized spacial score (nSPS) is 22.9. The first-order chi connectivity index (χ1) is 9.63. The molecule has 3 nitrogen and oxygen atoms in total. The lowest BCUT2D eigenvalue weighted by Gasteiger charge is -2.17. The molecule has 1 unspecified atom stereocenters. The topological polar surface area (TPSA) is 32.3 Å². The third kappa shape index (κ3) is 3.04. The van der Waals surface area contributed by atoms with Crippen LogP contribution in [0.3, 0.4) is 0 Å². The number of likely N-dealkylation sites (tertiary alicyclic amines) is 1. The van der Waals surface area contributed by atoms with E-state index in [1.165, 1.54) is 24.0 Å². The predicted octanol–water partition coefficient (Wildman–Crippen LogP) is 2.66.